The van der Waals surface area contributed by atoms with Crippen molar-refractivity contribution in [1.29, 1.82) is 0 Å². The minimum Gasteiger partial charge on any atom is -0.355 e. The molecule has 130 valence electrons. The average Bonchev–Trinajstić information content (AvgIpc) is 3.20. The number of para-hydroxylation sites is 2. The van der Waals surface area contributed by atoms with Crippen LogP contribution < -0.4 is 10.6 Å². The van der Waals surface area contributed by atoms with Gasteiger partial charge in [-0.25, -0.2) is 4.98 Å². The molecule has 0 amide bonds. The smallest absolute Gasteiger partial charge is 0.191 e. The Kier molecular flexibility index (Phi) is 5.35. The maximum atomic E-state index is 4.69. The molecular formula is C18H28N6. The number of aliphatic imine (C=N–C) groups is 1. The second-order valence-corrected chi connectivity index (χ2v) is 6.31. The minimum absolute atomic E-state index is 0.615. The number of hydrogen-bond acceptors (Lipinski definition) is 3. The maximum absolute atomic E-state index is 4.69. The van der Waals surface area contributed by atoms with Gasteiger partial charge in [-0.15, -0.1) is 0 Å². The fourth-order valence-corrected chi connectivity index (χ4v) is 3.49. The number of aromatic nitrogens is 2. The van der Waals surface area contributed by atoms with Crippen molar-refractivity contribution in [2.45, 2.75) is 32.4 Å². The average molecular weight is 328 g/mol. The molecule has 1 aliphatic heterocycles. The summed E-state index contributed by atoms with van der Waals surface area (Å²) >= 11 is 0. The van der Waals surface area contributed by atoms with Gasteiger partial charge in [-0.3, -0.25) is 9.89 Å². The Hall–Kier alpha value is -2.08. The molecule has 2 N–H and O–H groups in total. The summed E-state index contributed by atoms with van der Waals surface area (Å²) in [5.74, 6) is 1.85. The van der Waals surface area contributed by atoms with Crippen LogP contribution in [0.15, 0.2) is 29.3 Å². The Morgan fingerprint density at radius 1 is 1.33 bits per heavy atom. The standard InChI is InChI=1S/C18H28N6/c1-4-24-11-7-8-14(24)12-20-18(19-2)21-13-17-22-15-9-5-6-10-16(15)23(17)3/h5-6,9-10,14H,4,7-8,11-13H2,1-3H3,(H2,19,20,21). The molecule has 3 rings (SSSR count). The number of likely N-dealkylation sites (N-methyl/N-ethyl adjacent to an activating group) is 1. The monoisotopic (exact) mass is 328 g/mol. The van der Waals surface area contributed by atoms with Gasteiger partial charge >= 0.3 is 0 Å². The largest absolute Gasteiger partial charge is 0.355 e. The Balaban J connectivity index is 1.56. The van der Waals surface area contributed by atoms with E-state index in [1.807, 2.05) is 25.2 Å². The third-order valence-corrected chi connectivity index (χ3v) is 4.93. The summed E-state index contributed by atoms with van der Waals surface area (Å²) in [5, 5.41) is 6.84. The van der Waals surface area contributed by atoms with E-state index in [9.17, 15) is 0 Å². The number of fused-ring (bicyclic) bond motifs is 1. The van der Waals surface area contributed by atoms with Crippen molar-refractivity contribution < 1.29 is 0 Å². The molecule has 0 aliphatic carbocycles. The van der Waals surface area contributed by atoms with Crippen LogP contribution in [0.2, 0.25) is 0 Å². The van der Waals surface area contributed by atoms with Gasteiger partial charge in [0.1, 0.15) is 5.82 Å². The zero-order valence-corrected chi connectivity index (χ0v) is 14.9. The number of rotatable bonds is 5. The number of benzene rings is 1. The van der Waals surface area contributed by atoms with Crippen LogP contribution in [0.5, 0.6) is 0 Å². The summed E-state index contributed by atoms with van der Waals surface area (Å²) in [4.78, 5) is 11.6. The van der Waals surface area contributed by atoms with Crippen molar-refractivity contribution in [3.8, 4) is 0 Å². The molecule has 0 radical (unpaired) electrons. The van der Waals surface area contributed by atoms with E-state index in [-0.39, 0.29) is 0 Å². The highest BCUT2D eigenvalue weighted by Gasteiger charge is 2.22. The zero-order valence-electron chi connectivity index (χ0n) is 14.9. The predicted octanol–water partition coefficient (Wildman–Crippen LogP) is 1.72. The lowest BCUT2D eigenvalue weighted by atomic mass is 10.2. The molecule has 2 heterocycles. The lowest BCUT2D eigenvalue weighted by Gasteiger charge is -2.23. The van der Waals surface area contributed by atoms with Crippen molar-refractivity contribution >= 4 is 17.0 Å². The minimum atomic E-state index is 0.615. The first-order chi connectivity index (χ1) is 11.7. The summed E-state index contributed by atoms with van der Waals surface area (Å²) in [7, 11) is 3.87. The first kappa shape index (κ1) is 16.8. The number of aryl methyl sites for hydroxylation is 1. The van der Waals surface area contributed by atoms with Crippen LogP contribution in [0.3, 0.4) is 0 Å². The molecule has 1 aromatic carbocycles. The highest BCUT2D eigenvalue weighted by molar-refractivity contribution is 5.80. The summed E-state index contributed by atoms with van der Waals surface area (Å²) in [6, 6.07) is 8.82. The third-order valence-electron chi connectivity index (χ3n) is 4.93. The highest BCUT2D eigenvalue weighted by Crippen LogP contribution is 2.16. The molecule has 6 nitrogen and oxygen atoms in total. The number of hydrogen-bond donors (Lipinski definition) is 2. The van der Waals surface area contributed by atoms with E-state index in [0.717, 1.165) is 35.9 Å². The van der Waals surface area contributed by atoms with Crippen LogP contribution in [0.4, 0.5) is 0 Å². The van der Waals surface area contributed by atoms with E-state index >= 15 is 0 Å². The van der Waals surface area contributed by atoms with Gasteiger partial charge in [-0.1, -0.05) is 19.1 Å². The van der Waals surface area contributed by atoms with Crippen LogP contribution in [0, 0.1) is 0 Å². The number of nitrogens with one attached hydrogen (secondary N) is 2. The quantitative estimate of drug-likeness (QED) is 0.648. The Morgan fingerprint density at radius 2 is 2.17 bits per heavy atom. The molecule has 0 saturated carbocycles. The second-order valence-electron chi connectivity index (χ2n) is 6.31. The lowest BCUT2D eigenvalue weighted by Crippen LogP contribution is -2.44. The van der Waals surface area contributed by atoms with Gasteiger partial charge < -0.3 is 15.2 Å². The summed E-state index contributed by atoms with van der Waals surface area (Å²) < 4.78 is 2.13. The van der Waals surface area contributed by atoms with Crippen molar-refractivity contribution in [3.63, 3.8) is 0 Å². The van der Waals surface area contributed by atoms with E-state index in [1.54, 1.807) is 0 Å². The fraction of sp³-hybridized carbons (Fsp3) is 0.556. The van der Waals surface area contributed by atoms with Crippen LogP contribution in [0.1, 0.15) is 25.6 Å². The van der Waals surface area contributed by atoms with E-state index in [0.29, 0.717) is 12.6 Å². The van der Waals surface area contributed by atoms with Gasteiger partial charge in [0.2, 0.25) is 0 Å². The van der Waals surface area contributed by atoms with Crippen LogP contribution >= 0.6 is 0 Å². The van der Waals surface area contributed by atoms with Crippen molar-refractivity contribution in [3.05, 3.63) is 30.1 Å². The molecule has 2 aromatic rings. The first-order valence-electron chi connectivity index (χ1n) is 8.81. The maximum Gasteiger partial charge on any atom is 0.191 e. The van der Waals surface area contributed by atoms with Crippen molar-refractivity contribution in [1.82, 2.24) is 25.1 Å². The molecular weight excluding hydrogens is 300 g/mol. The van der Waals surface area contributed by atoms with Gasteiger partial charge in [-0.05, 0) is 38.1 Å². The summed E-state index contributed by atoms with van der Waals surface area (Å²) in [6.45, 7) is 6.17. The molecule has 1 aromatic heterocycles. The molecule has 0 bridgehead atoms. The number of guanidine groups is 1. The number of nitrogens with zero attached hydrogens (tertiary/aromatic N) is 4. The molecule has 1 aliphatic rings. The van der Waals surface area contributed by atoms with E-state index in [4.69, 9.17) is 4.98 Å². The van der Waals surface area contributed by atoms with Crippen molar-refractivity contribution in [2.24, 2.45) is 12.0 Å². The SMILES string of the molecule is CCN1CCCC1CNC(=NC)NCc1nc2ccccc2n1C. The zero-order chi connectivity index (χ0) is 16.9. The Labute approximate surface area is 144 Å². The lowest BCUT2D eigenvalue weighted by molar-refractivity contribution is 0.267. The molecule has 0 spiro atoms. The molecule has 1 fully saturated rings. The Bertz CT molecular complexity index is 705. The number of imidazole rings is 1. The normalized spacial score (nSPS) is 19.1. The number of likely N-dealkylation sites (tertiary alicyclic amines) is 1. The van der Waals surface area contributed by atoms with E-state index in [1.165, 1.54) is 19.4 Å². The van der Waals surface area contributed by atoms with Gasteiger partial charge in [0.15, 0.2) is 5.96 Å². The first-order valence-corrected chi connectivity index (χ1v) is 8.81. The van der Waals surface area contributed by atoms with Gasteiger partial charge in [0.05, 0.1) is 17.6 Å². The highest BCUT2D eigenvalue weighted by atomic mass is 15.2. The topological polar surface area (TPSA) is 57.5 Å². The van der Waals surface area contributed by atoms with Gasteiger partial charge in [0.25, 0.3) is 0 Å². The van der Waals surface area contributed by atoms with Gasteiger partial charge in [0, 0.05) is 26.7 Å². The molecule has 24 heavy (non-hydrogen) atoms. The van der Waals surface area contributed by atoms with Gasteiger partial charge in [-0.2, -0.15) is 0 Å². The second kappa shape index (κ2) is 7.66. The molecule has 1 saturated heterocycles. The molecule has 1 atom stereocenters. The van der Waals surface area contributed by atoms with E-state index < -0.39 is 0 Å². The summed E-state index contributed by atoms with van der Waals surface area (Å²) in [5.41, 5.74) is 2.19. The summed E-state index contributed by atoms with van der Waals surface area (Å²) in [6.07, 6.45) is 2.56. The Morgan fingerprint density at radius 3 is 2.92 bits per heavy atom. The van der Waals surface area contributed by atoms with E-state index in [2.05, 4.69) is 45.1 Å². The van der Waals surface area contributed by atoms with Crippen LogP contribution in [-0.4, -0.2) is 53.1 Å². The van der Waals surface area contributed by atoms with Crippen LogP contribution in [-0.2, 0) is 13.6 Å². The van der Waals surface area contributed by atoms with Crippen LogP contribution in [0.25, 0.3) is 11.0 Å². The molecule has 6 heteroatoms. The predicted molar refractivity (Wildman–Crippen MR) is 99.2 cm³/mol. The molecule has 1 unspecified atom stereocenters. The fourth-order valence-electron chi connectivity index (χ4n) is 3.49. The third kappa shape index (κ3) is 3.53. The van der Waals surface area contributed by atoms with Crippen molar-refractivity contribution in [2.75, 3.05) is 26.7 Å².